The molecule has 24 heavy (non-hydrogen) atoms. The van der Waals surface area contributed by atoms with Crippen LogP contribution in [0.2, 0.25) is 0 Å². The molecular formula is C18H20FNO3S. The number of benzene rings is 1. The van der Waals surface area contributed by atoms with Gasteiger partial charge in [-0.25, -0.2) is 9.18 Å². The first-order valence-corrected chi connectivity index (χ1v) is 8.50. The smallest absolute Gasteiger partial charge is 0.338 e. The average Bonchev–Trinajstić information content (AvgIpc) is 2.92. The molecule has 1 aromatic heterocycles. The number of carboxylic acid groups (broad SMARTS) is 1. The van der Waals surface area contributed by atoms with Crippen LogP contribution in [0.4, 0.5) is 10.1 Å². The summed E-state index contributed by atoms with van der Waals surface area (Å²) in [7, 11) is 0. The van der Waals surface area contributed by atoms with Gasteiger partial charge < -0.3 is 10.4 Å². The van der Waals surface area contributed by atoms with E-state index >= 15 is 0 Å². The lowest BCUT2D eigenvalue weighted by atomic mass is 9.99. The molecule has 4 nitrogen and oxygen atoms in total. The Balaban J connectivity index is 2.26. The summed E-state index contributed by atoms with van der Waals surface area (Å²) in [5.74, 6) is -1.91. The highest BCUT2D eigenvalue weighted by atomic mass is 32.1. The van der Waals surface area contributed by atoms with Gasteiger partial charge in [0, 0.05) is 10.6 Å². The van der Waals surface area contributed by atoms with Crippen LogP contribution >= 0.6 is 11.3 Å². The van der Waals surface area contributed by atoms with Crippen LogP contribution in [-0.4, -0.2) is 17.0 Å². The molecule has 0 aliphatic carbocycles. The highest BCUT2D eigenvalue weighted by Crippen LogP contribution is 2.34. The van der Waals surface area contributed by atoms with Crippen molar-refractivity contribution in [1.29, 1.82) is 0 Å². The van der Waals surface area contributed by atoms with E-state index in [0.29, 0.717) is 16.7 Å². The Hall–Kier alpha value is -2.21. The summed E-state index contributed by atoms with van der Waals surface area (Å²) in [4.78, 5) is 25.0. The summed E-state index contributed by atoms with van der Waals surface area (Å²) in [6.07, 6.45) is 0. The number of carbonyl (C=O) groups is 2. The second-order valence-electron chi connectivity index (χ2n) is 6.19. The number of rotatable bonds is 5. The van der Waals surface area contributed by atoms with E-state index in [4.69, 9.17) is 5.11 Å². The number of nitrogens with one attached hydrogen (secondary N) is 1. The summed E-state index contributed by atoms with van der Waals surface area (Å²) >= 11 is 1.44. The van der Waals surface area contributed by atoms with Gasteiger partial charge in [-0.15, -0.1) is 11.3 Å². The van der Waals surface area contributed by atoms with Crippen molar-refractivity contribution in [3.8, 4) is 0 Å². The Morgan fingerprint density at radius 2 is 1.79 bits per heavy atom. The minimum absolute atomic E-state index is 0.230. The fourth-order valence-corrected chi connectivity index (χ4v) is 3.61. The molecule has 6 heteroatoms. The molecule has 2 N–H and O–H groups in total. The predicted octanol–water partition coefficient (Wildman–Crippen LogP) is 5.08. The first-order chi connectivity index (χ1) is 11.2. The van der Waals surface area contributed by atoms with Crippen molar-refractivity contribution in [2.75, 3.05) is 5.32 Å². The summed E-state index contributed by atoms with van der Waals surface area (Å²) in [5, 5.41) is 11.5. The van der Waals surface area contributed by atoms with E-state index in [1.165, 1.54) is 22.3 Å². The van der Waals surface area contributed by atoms with Crippen molar-refractivity contribution in [1.82, 2.24) is 0 Å². The average molecular weight is 349 g/mol. The first kappa shape index (κ1) is 18.1. The van der Waals surface area contributed by atoms with Gasteiger partial charge in [0.2, 0.25) is 0 Å². The highest BCUT2D eigenvalue weighted by molar-refractivity contribution is 7.14. The normalized spacial score (nSPS) is 11.1. The van der Waals surface area contributed by atoms with Crippen LogP contribution in [0.1, 0.15) is 70.0 Å². The van der Waals surface area contributed by atoms with Crippen LogP contribution in [0.3, 0.4) is 0 Å². The molecule has 0 saturated heterocycles. The summed E-state index contributed by atoms with van der Waals surface area (Å²) in [6.45, 7) is 8.32. The Kier molecular flexibility index (Phi) is 5.39. The number of carbonyl (C=O) groups excluding carboxylic acids is 1. The molecule has 0 atom stereocenters. The summed E-state index contributed by atoms with van der Waals surface area (Å²) < 4.78 is 13.7. The van der Waals surface area contributed by atoms with Crippen molar-refractivity contribution in [3.05, 3.63) is 51.0 Å². The van der Waals surface area contributed by atoms with Crippen molar-refractivity contribution in [2.24, 2.45) is 0 Å². The van der Waals surface area contributed by atoms with E-state index in [9.17, 15) is 14.0 Å². The van der Waals surface area contributed by atoms with E-state index in [1.807, 2.05) is 6.07 Å². The highest BCUT2D eigenvalue weighted by Gasteiger charge is 2.19. The van der Waals surface area contributed by atoms with E-state index in [-0.39, 0.29) is 11.6 Å². The first-order valence-electron chi connectivity index (χ1n) is 7.68. The van der Waals surface area contributed by atoms with Crippen molar-refractivity contribution >= 4 is 28.9 Å². The number of hydrogen-bond donors (Lipinski definition) is 2. The number of carboxylic acids is 1. The lowest BCUT2D eigenvalue weighted by Gasteiger charge is -2.08. The maximum Gasteiger partial charge on any atom is 0.338 e. The van der Waals surface area contributed by atoms with Gasteiger partial charge in [0.1, 0.15) is 5.82 Å². The van der Waals surface area contributed by atoms with Gasteiger partial charge in [-0.05, 0) is 41.7 Å². The monoisotopic (exact) mass is 349 g/mol. The zero-order valence-corrected chi connectivity index (χ0v) is 14.8. The molecule has 0 fully saturated rings. The molecular weight excluding hydrogens is 329 g/mol. The van der Waals surface area contributed by atoms with Crippen LogP contribution in [0.25, 0.3) is 0 Å². The van der Waals surface area contributed by atoms with Gasteiger partial charge in [-0.1, -0.05) is 27.7 Å². The Morgan fingerprint density at radius 3 is 2.25 bits per heavy atom. The second-order valence-corrected chi connectivity index (χ2v) is 7.28. The zero-order chi connectivity index (χ0) is 18.0. The predicted molar refractivity (Wildman–Crippen MR) is 93.8 cm³/mol. The molecule has 0 radical (unpaired) electrons. The van der Waals surface area contributed by atoms with Crippen molar-refractivity contribution in [2.45, 2.75) is 39.5 Å². The van der Waals surface area contributed by atoms with Gasteiger partial charge in [0.25, 0.3) is 5.91 Å². The molecule has 0 spiro atoms. The van der Waals surface area contributed by atoms with Gasteiger partial charge in [0.15, 0.2) is 0 Å². The van der Waals surface area contributed by atoms with E-state index in [0.717, 1.165) is 17.7 Å². The zero-order valence-electron chi connectivity index (χ0n) is 14.0. The second kappa shape index (κ2) is 7.13. The topological polar surface area (TPSA) is 66.4 Å². The van der Waals surface area contributed by atoms with Crippen LogP contribution < -0.4 is 5.32 Å². The lowest BCUT2D eigenvalue weighted by molar-refractivity contribution is 0.0692. The van der Waals surface area contributed by atoms with Gasteiger partial charge in [-0.2, -0.15) is 0 Å². The molecule has 2 aromatic rings. The molecule has 1 heterocycles. The van der Waals surface area contributed by atoms with Gasteiger partial charge in [0.05, 0.1) is 10.4 Å². The number of hydrogen-bond acceptors (Lipinski definition) is 3. The SMILES string of the molecule is CC(C)c1cc(C(=O)Nc2ccc(C(=O)O)c(F)c2)sc1C(C)C. The quantitative estimate of drug-likeness (QED) is 0.790. The maximum absolute atomic E-state index is 13.7. The fraction of sp³-hybridized carbons (Fsp3) is 0.333. The van der Waals surface area contributed by atoms with Crippen LogP contribution in [-0.2, 0) is 0 Å². The molecule has 0 unspecified atom stereocenters. The summed E-state index contributed by atoms with van der Waals surface area (Å²) in [6, 6.07) is 5.41. The minimum atomic E-state index is -1.34. The van der Waals surface area contributed by atoms with Gasteiger partial charge in [-0.3, -0.25) is 4.79 Å². The molecule has 2 rings (SSSR count). The number of aromatic carboxylic acids is 1. The Morgan fingerprint density at radius 1 is 1.12 bits per heavy atom. The van der Waals surface area contributed by atoms with Crippen LogP contribution in [0.15, 0.2) is 24.3 Å². The van der Waals surface area contributed by atoms with Crippen LogP contribution in [0, 0.1) is 5.82 Å². The summed E-state index contributed by atoms with van der Waals surface area (Å²) in [5.41, 5.74) is 0.953. The molecule has 1 aromatic carbocycles. The molecule has 128 valence electrons. The number of amides is 1. The third-order valence-electron chi connectivity index (χ3n) is 3.62. The molecule has 0 saturated carbocycles. The third kappa shape index (κ3) is 3.82. The third-order valence-corrected chi connectivity index (χ3v) is 5.07. The van der Waals surface area contributed by atoms with Crippen LogP contribution in [0.5, 0.6) is 0 Å². The van der Waals surface area contributed by atoms with E-state index in [2.05, 4.69) is 33.0 Å². The molecule has 0 aliphatic rings. The van der Waals surface area contributed by atoms with Crippen molar-refractivity contribution < 1.29 is 19.1 Å². The largest absolute Gasteiger partial charge is 0.478 e. The molecule has 0 aliphatic heterocycles. The van der Waals surface area contributed by atoms with Crippen molar-refractivity contribution in [3.63, 3.8) is 0 Å². The molecule has 0 bridgehead atoms. The Bertz CT molecular complexity index is 755. The minimum Gasteiger partial charge on any atom is -0.478 e. The van der Waals surface area contributed by atoms with E-state index in [1.54, 1.807) is 0 Å². The number of thiophene rings is 1. The fourth-order valence-electron chi connectivity index (χ4n) is 2.39. The number of halogens is 1. The van der Waals surface area contributed by atoms with E-state index < -0.39 is 17.3 Å². The maximum atomic E-state index is 13.7. The van der Waals surface area contributed by atoms with Gasteiger partial charge >= 0.3 is 5.97 Å². The number of anilines is 1. The Labute approximate surface area is 144 Å². The molecule has 1 amide bonds. The standard InChI is InChI=1S/C18H20FNO3S/c1-9(2)13-8-15(24-16(13)10(3)4)17(21)20-11-5-6-12(18(22)23)14(19)7-11/h5-10H,1-4H3,(H,20,21)(H,22,23). The lowest BCUT2D eigenvalue weighted by Crippen LogP contribution is -2.11.